The molecule has 6 nitrogen and oxygen atoms in total. The number of nitrogens with one attached hydrogen (secondary N) is 2. The second kappa shape index (κ2) is 10.2. The van der Waals surface area contributed by atoms with E-state index in [4.69, 9.17) is 54.4 Å². The number of aryl methyl sites for hydroxylation is 2. The summed E-state index contributed by atoms with van der Waals surface area (Å²) < 4.78 is 14.3. The molecule has 2 N–H and O–H groups in total. The van der Waals surface area contributed by atoms with Crippen LogP contribution in [0.1, 0.15) is 11.1 Å². The number of hydrogen-bond acceptors (Lipinski definition) is 6. The van der Waals surface area contributed by atoms with Crippen LogP contribution in [0, 0.1) is 13.8 Å². The first-order valence-corrected chi connectivity index (χ1v) is 20.3. The fourth-order valence-corrected chi connectivity index (χ4v) is 29.1. The minimum absolute atomic E-state index is 0.620. The Morgan fingerprint density at radius 3 is 1.07 bits per heavy atom. The first kappa shape index (κ1) is 29.2. The van der Waals surface area contributed by atoms with Crippen LogP contribution >= 0.6 is 56.5 Å². The third-order valence-corrected chi connectivity index (χ3v) is 22.7. The Bertz CT molecular complexity index is 1390. The molecule has 4 aromatic carbocycles. The molecule has 1 aliphatic rings. The summed E-state index contributed by atoms with van der Waals surface area (Å²) in [6, 6.07) is 30.3. The summed E-state index contributed by atoms with van der Waals surface area (Å²) in [6.07, 6.45) is 0. The number of anilines is 4. The van der Waals surface area contributed by atoms with E-state index in [-0.39, 0.29) is 0 Å². The van der Waals surface area contributed by atoms with Crippen molar-refractivity contribution in [2.24, 2.45) is 0 Å². The third kappa shape index (κ3) is 4.90. The summed E-state index contributed by atoms with van der Waals surface area (Å²) >= 11 is 31.0. The van der Waals surface area contributed by atoms with E-state index in [1.54, 1.807) is 23.1 Å². The van der Waals surface area contributed by atoms with Gasteiger partial charge in [-0.1, -0.05) is 0 Å². The molecular formula is C28H30Cl4N4O2P2. The van der Waals surface area contributed by atoms with E-state index in [2.05, 4.69) is 10.2 Å². The van der Waals surface area contributed by atoms with Crippen LogP contribution in [-0.2, 0) is 0 Å². The van der Waals surface area contributed by atoms with Gasteiger partial charge in [-0.15, -0.1) is 0 Å². The van der Waals surface area contributed by atoms with Gasteiger partial charge in [0.1, 0.15) is 0 Å². The van der Waals surface area contributed by atoms with E-state index in [9.17, 15) is 0 Å². The Morgan fingerprint density at radius 1 is 0.500 bits per heavy atom. The first-order chi connectivity index (χ1) is 18.9. The summed E-state index contributed by atoms with van der Waals surface area (Å²) in [4.78, 5) is 0. The average Bonchev–Trinajstić information content (AvgIpc) is 2.91. The van der Waals surface area contributed by atoms with Crippen molar-refractivity contribution in [3.63, 3.8) is 0 Å². The molecule has 12 heteroatoms. The zero-order valence-corrected chi connectivity index (χ0v) is 27.2. The van der Waals surface area contributed by atoms with Crippen LogP contribution < -0.4 is 28.5 Å². The van der Waals surface area contributed by atoms with Crippen LogP contribution in [0.25, 0.3) is 0 Å². The molecule has 0 amide bonds. The molecule has 212 valence electrons. The molecule has 1 heterocycles. The van der Waals surface area contributed by atoms with Gasteiger partial charge in [-0.3, -0.25) is 0 Å². The molecule has 0 unspecified atom stereocenters. The van der Waals surface area contributed by atoms with Crippen molar-refractivity contribution in [3.05, 3.63) is 108 Å². The summed E-state index contributed by atoms with van der Waals surface area (Å²) in [5.41, 5.74) is 4.87. The fourth-order valence-electron chi connectivity index (χ4n) is 4.74. The maximum atomic E-state index is 7.75. The Balaban J connectivity index is 1.75. The number of ether oxygens (including phenoxy) is 2. The van der Waals surface area contributed by atoms with Crippen molar-refractivity contribution >= 4 is 79.2 Å². The molecule has 0 radical (unpaired) electrons. The summed E-state index contributed by atoms with van der Waals surface area (Å²) in [5, 5.41) is 6.93. The van der Waals surface area contributed by atoms with Gasteiger partial charge in [-0.2, -0.15) is 0 Å². The number of halogens is 4. The van der Waals surface area contributed by atoms with Crippen molar-refractivity contribution in [3.8, 4) is 11.5 Å². The standard InChI is InChI=1S/C28H30Cl4N4O2P2/c1-21-5-9-23(10-6-21)33-39(29,30)35(25-13-17-27(37-3)18-14-25)40(31,32,34-24-11-7-22(2)8-12-24)36(39)26-15-19-28(38-4)20-16-26/h5-20,33-34H,1-4H3. The number of methoxy groups -OCH3 is 2. The molecule has 5 rings (SSSR count). The van der Waals surface area contributed by atoms with Crippen LogP contribution in [0.2, 0.25) is 0 Å². The number of benzene rings is 4. The molecule has 0 aromatic heterocycles. The molecule has 1 aliphatic heterocycles. The van der Waals surface area contributed by atoms with E-state index in [1.165, 1.54) is 0 Å². The average molecular weight is 658 g/mol. The fraction of sp³-hybridized carbons (Fsp3) is 0.143. The molecule has 1 fully saturated rings. The zero-order chi connectivity index (χ0) is 28.8. The van der Waals surface area contributed by atoms with E-state index >= 15 is 0 Å². The Hall–Kier alpha value is -2.30. The van der Waals surface area contributed by atoms with Crippen molar-refractivity contribution < 1.29 is 9.47 Å². The van der Waals surface area contributed by atoms with Gasteiger partial charge in [0, 0.05) is 0 Å². The Kier molecular flexibility index (Phi) is 7.45. The van der Waals surface area contributed by atoms with Crippen molar-refractivity contribution in [2.75, 3.05) is 33.3 Å². The van der Waals surface area contributed by atoms with Gasteiger partial charge in [-0.05, 0) is 0 Å². The second-order valence-corrected chi connectivity index (χ2v) is 24.3. The van der Waals surface area contributed by atoms with Gasteiger partial charge in [0.05, 0.1) is 0 Å². The third-order valence-electron chi connectivity index (χ3n) is 6.63. The minimum atomic E-state index is -4.43. The molecule has 0 bridgehead atoms. The van der Waals surface area contributed by atoms with Gasteiger partial charge in [0.15, 0.2) is 0 Å². The van der Waals surface area contributed by atoms with Crippen molar-refractivity contribution in [2.45, 2.75) is 13.8 Å². The van der Waals surface area contributed by atoms with E-state index in [0.717, 1.165) is 11.1 Å². The molecule has 0 saturated carbocycles. The topological polar surface area (TPSA) is 49.0 Å². The normalized spacial score (nSPS) is 20.0. The van der Waals surface area contributed by atoms with Crippen molar-refractivity contribution in [1.82, 2.24) is 0 Å². The second-order valence-electron chi connectivity index (χ2n) is 9.58. The van der Waals surface area contributed by atoms with E-state index < -0.39 is 11.5 Å². The number of nitrogens with zero attached hydrogens (tertiary/aromatic N) is 2. The molecule has 0 spiro atoms. The van der Waals surface area contributed by atoms with Crippen LogP contribution in [-0.4, -0.2) is 14.2 Å². The Labute approximate surface area is 254 Å². The summed E-state index contributed by atoms with van der Waals surface area (Å²) in [7, 11) is 3.21. The molecular weight excluding hydrogens is 628 g/mol. The van der Waals surface area contributed by atoms with E-state index in [0.29, 0.717) is 34.2 Å². The summed E-state index contributed by atoms with van der Waals surface area (Å²) in [5.74, 6) is -7.52. The van der Waals surface area contributed by atoms with Gasteiger partial charge >= 0.3 is 256 Å². The molecule has 0 aliphatic carbocycles. The SMILES string of the molecule is COc1ccc(N2P(Cl)(Cl)(Nc3ccc(C)cc3)N(c3ccc(OC)cc3)P2(Cl)(Cl)Nc2ccc(C)cc2)cc1. The van der Waals surface area contributed by atoms with Crippen molar-refractivity contribution in [1.29, 1.82) is 0 Å². The van der Waals surface area contributed by atoms with Crippen LogP contribution in [0.3, 0.4) is 0 Å². The number of rotatable bonds is 8. The van der Waals surface area contributed by atoms with Crippen LogP contribution in [0.15, 0.2) is 97.1 Å². The van der Waals surface area contributed by atoms with Gasteiger partial charge in [-0.25, -0.2) is 0 Å². The Morgan fingerprint density at radius 2 is 0.800 bits per heavy atom. The molecule has 1 saturated heterocycles. The van der Waals surface area contributed by atoms with E-state index in [1.807, 2.05) is 111 Å². The van der Waals surface area contributed by atoms with Crippen LogP contribution in [0.5, 0.6) is 11.5 Å². The molecule has 40 heavy (non-hydrogen) atoms. The molecule has 0 atom stereocenters. The predicted molar refractivity (Wildman–Crippen MR) is 178 cm³/mol. The summed E-state index contributed by atoms with van der Waals surface area (Å²) in [6.45, 7) is 4.03. The van der Waals surface area contributed by atoms with Gasteiger partial charge in [0.25, 0.3) is 0 Å². The zero-order valence-electron chi connectivity index (χ0n) is 22.4. The number of hydrogen-bond donors (Lipinski definition) is 2. The first-order valence-electron chi connectivity index (χ1n) is 12.4. The quantitative estimate of drug-likeness (QED) is 0.184. The van der Waals surface area contributed by atoms with Gasteiger partial charge in [0.2, 0.25) is 0 Å². The maximum absolute atomic E-state index is 7.75. The van der Waals surface area contributed by atoms with Crippen LogP contribution in [0.4, 0.5) is 22.7 Å². The predicted octanol–water partition coefficient (Wildman–Crippen LogP) is 11.1. The molecule has 4 aromatic rings. The monoisotopic (exact) mass is 656 g/mol. The van der Waals surface area contributed by atoms with Gasteiger partial charge < -0.3 is 0 Å².